The third kappa shape index (κ3) is 16.1. The molecule has 0 aliphatic heterocycles. The van der Waals surface area contributed by atoms with E-state index < -0.39 is 14.0 Å². The van der Waals surface area contributed by atoms with E-state index >= 15 is 0 Å². The second-order valence-electron chi connectivity index (χ2n) is 2.51. The first-order valence-electron chi connectivity index (χ1n) is 3.47. The fraction of sp³-hybridized carbons (Fsp3) is 1.00. The molecule has 0 unspecified atom stereocenters. The molecule has 3 nitrogen and oxygen atoms in total. The predicted octanol–water partition coefficient (Wildman–Crippen LogP) is -2.11. The minimum atomic E-state index is -5.17. The van der Waals surface area contributed by atoms with Gasteiger partial charge in [-0.1, -0.05) is 0 Å². The summed E-state index contributed by atoms with van der Waals surface area (Å²) in [5.41, 5.74) is 0. The van der Waals surface area contributed by atoms with Gasteiger partial charge in [-0.2, -0.15) is 0 Å². The summed E-state index contributed by atoms with van der Waals surface area (Å²) in [5.74, 6) is 0. The van der Waals surface area contributed by atoms with Crippen molar-refractivity contribution in [3.05, 3.63) is 0 Å². The van der Waals surface area contributed by atoms with E-state index in [2.05, 4.69) is 9.39 Å². The molecule has 0 aliphatic rings. The average molecular weight is 225 g/mol. The van der Waals surface area contributed by atoms with Crippen LogP contribution in [0.3, 0.4) is 0 Å². The Hall–Kier alpha value is 1.37. The molecule has 0 heterocycles. The van der Waals surface area contributed by atoms with Crippen LogP contribution in [0.25, 0.3) is 0 Å². The van der Waals surface area contributed by atoms with Crippen molar-refractivity contribution >= 4 is 7.18 Å². The topological polar surface area (TPSA) is 21.7 Å². The quantitative estimate of drug-likeness (QED) is 0.293. The van der Waals surface area contributed by atoms with Crippen LogP contribution in [0.1, 0.15) is 0 Å². The first-order chi connectivity index (χ1) is 5.42. The first kappa shape index (κ1) is 16.8. The van der Waals surface area contributed by atoms with Crippen molar-refractivity contribution in [2.45, 2.75) is 0 Å². The van der Waals surface area contributed by atoms with Crippen LogP contribution in [0.5, 0.6) is 0 Å². The van der Waals surface area contributed by atoms with Crippen molar-refractivity contribution in [1.82, 2.24) is 4.90 Å². The second kappa shape index (κ2) is 8.66. The summed E-state index contributed by atoms with van der Waals surface area (Å²) in [5, 5.41) is 0. The Kier molecular flexibility index (Phi) is 11.2. The summed E-state index contributed by atoms with van der Waals surface area (Å²) < 4.78 is 42.2. The molecule has 0 saturated carbocycles. The third-order valence-corrected chi connectivity index (χ3v) is 1.02. The van der Waals surface area contributed by atoms with Crippen molar-refractivity contribution in [2.75, 3.05) is 34.0 Å². The molecule has 0 aliphatic carbocycles. The Bertz CT molecular complexity index is 125. The fourth-order valence-corrected chi connectivity index (χ4v) is 0.431. The zero-order valence-corrected chi connectivity index (χ0v) is 11.2. The molecule has 0 radical (unpaired) electrons. The zero-order chi connectivity index (χ0) is 9.61. The van der Waals surface area contributed by atoms with Crippen molar-refractivity contribution in [1.29, 1.82) is 0 Å². The van der Waals surface area contributed by atoms with Crippen LogP contribution in [0.4, 0.5) is 12.9 Å². The van der Waals surface area contributed by atoms with Crippen molar-refractivity contribution < 1.29 is 73.7 Å². The van der Waals surface area contributed by atoms with E-state index in [1.54, 1.807) is 19.0 Å². The van der Waals surface area contributed by atoms with Gasteiger partial charge in [-0.25, -0.2) is 0 Å². The summed E-state index contributed by atoms with van der Waals surface area (Å²) >= 11 is 0. The van der Waals surface area contributed by atoms with Crippen LogP contribution in [0.2, 0.25) is 0 Å². The van der Waals surface area contributed by atoms with E-state index in [9.17, 15) is 12.9 Å². The Morgan fingerprint density at radius 1 is 1.23 bits per heavy atom. The Balaban J connectivity index is 0. The van der Waals surface area contributed by atoms with Gasteiger partial charge in [-0.05, 0) is 14.1 Å². The van der Waals surface area contributed by atoms with Crippen LogP contribution >= 0.6 is 0 Å². The van der Waals surface area contributed by atoms with Gasteiger partial charge in [-0.15, -0.1) is 0 Å². The Labute approximate surface area is 118 Å². The molecule has 0 saturated heterocycles. The largest absolute Gasteiger partial charge is 1.00 e. The molecule has 74 valence electrons. The molecule has 13 heavy (non-hydrogen) atoms. The maximum atomic E-state index is 11.4. The summed E-state index contributed by atoms with van der Waals surface area (Å²) in [6.07, 6.45) is 0. The van der Waals surface area contributed by atoms with Crippen LogP contribution in [-0.4, -0.2) is 46.1 Å². The van der Waals surface area contributed by atoms with Crippen molar-refractivity contribution in [3.63, 3.8) is 0 Å². The van der Waals surface area contributed by atoms with Crippen LogP contribution in [-0.2, 0) is 9.39 Å². The summed E-state index contributed by atoms with van der Waals surface area (Å²) in [4.78, 5) is 1.80. The molecule has 0 spiro atoms. The van der Waals surface area contributed by atoms with E-state index in [1.807, 2.05) is 0 Å². The van der Waals surface area contributed by atoms with Gasteiger partial charge in [0.2, 0.25) is 0 Å². The number of likely N-dealkylation sites (N-methyl/N-ethyl adjacent to an activating group) is 1. The predicted molar refractivity (Wildman–Crippen MR) is 39.5 cm³/mol. The molecule has 0 N–H and O–H groups in total. The van der Waals surface area contributed by atoms with Crippen LogP contribution < -0.4 is 51.4 Å². The van der Waals surface area contributed by atoms with Gasteiger partial charge in [-0.3, -0.25) is 0 Å². The molecule has 0 rings (SSSR count). The fourth-order valence-electron chi connectivity index (χ4n) is 0.431. The molecule has 0 atom stereocenters. The van der Waals surface area contributed by atoms with Gasteiger partial charge in [0.25, 0.3) is 0 Å². The van der Waals surface area contributed by atoms with Crippen LogP contribution in [0, 0.1) is 0 Å². The van der Waals surface area contributed by atoms with Gasteiger partial charge >= 0.3 is 58.6 Å². The number of nitrogens with zero attached hydrogens (tertiary/aromatic N) is 1. The van der Waals surface area contributed by atoms with Gasteiger partial charge in [0.1, 0.15) is 6.79 Å². The minimum absolute atomic E-state index is 0. The molecule has 0 aromatic carbocycles. The SMILES string of the molecule is CN(C)CCOCO[B-](F)(F)F.[K+]. The first-order valence-corrected chi connectivity index (χ1v) is 3.47. The number of halogens is 3. The third-order valence-electron chi connectivity index (χ3n) is 1.02. The summed E-state index contributed by atoms with van der Waals surface area (Å²) in [6, 6.07) is 0. The number of ether oxygens (including phenoxy) is 1. The van der Waals surface area contributed by atoms with Crippen molar-refractivity contribution in [2.24, 2.45) is 0 Å². The molecular weight excluding hydrogens is 213 g/mol. The van der Waals surface area contributed by atoms with E-state index in [0.717, 1.165) is 0 Å². The Morgan fingerprint density at radius 2 is 1.77 bits per heavy atom. The maximum absolute atomic E-state index is 11.4. The molecular formula is C5H12BF3KNO2. The number of rotatable bonds is 6. The molecule has 0 fully saturated rings. The number of hydrogen-bond acceptors (Lipinski definition) is 3. The monoisotopic (exact) mass is 225 g/mol. The van der Waals surface area contributed by atoms with E-state index in [-0.39, 0.29) is 58.0 Å². The second-order valence-corrected chi connectivity index (χ2v) is 2.51. The molecule has 8 heteroatoms. The summed E-state index contributed by atoms with van der Waals surface area (Å²) in [7, 11) is -1.57. The van der Waals surface area contributed by atoms with Gasteiger partial charge in [0.05, 0.1) is 6.61 Å². The summed E-state index contributed by atoms with van der Waals surface area (Å²) in [6.45, 7) is 0.102. The normalized spacial score (nSPS) is 11.5. The van der Waals surface area contributed by atoms with Crippen LogP contribution in [0.15, 0.2) is 0 Å². The van der Waals surface area contributed by atoms with Gasteiger partial charge < -0.3 is 27.2 Å². The van der Waals surface area contributed by atoms with Gasteiger partial charge in [0, 0.05) is 6.54 Å². The molecule has 0 aromatic rings. The average Bonchev–Trinajstić information content (AvgIpc) is 1.83. The van der Waals surface area contributed by atoms with Gasteiger partial charge in [0.15, 0.2) is 0 Å². The smallest absolute Gasteiger partial charge is 0.487 e. The Morgan fingerprint density at radius 3 is 2.15 bits per heavy atom. The van der Waals surface area contributed by atoms with Crippen molar-refractivity contribution in [3.8, 4) is 0 Å². The van der Waals surface area contributed by atoms with E-state index in [4.69, 9.17) is 0 Å². The number of hydrogen-bond donors (Lipinski definition) is 0. The molecule has 0 amide bonds. The maximum Gasteiger partial charge on any atom is 1.00 e. The zero-order valence-electron chi connectivity index (χ0n) is 8.10. The van der Waals surface area contributed by atoms with E-state index in [1.165, 1.54) is 0 Å². The molecule has 0 aromatic heterocycles. The molecule has 0 bridgehead atoms. The minimum Gasteiger partial charge on any atom is -0.487 e. The standard InChI is InChI=1S/C5H12BF3NO2.K/c1-10(2)3-4-11-5-12-6(7,8)9;/h3-5H2,1-2H3;/q-1;+1. The van der Waals surface area contributed by atoms with E-state index in [0.29, 0.717) is 6.54 Å².